The van der Waals surface area contributed by atoms with Crippen LogP contribution in [0.2, 0.25) is 0 Å². The molecule has 1 aliphatic rings. The van der Waals surface area contributed by atoms with E-state index in [9.17, 15) is 9.59 Å². The molecule has 30 heavy (non-hydrogen) atoms. The number of para-hydroxylation sites is 1. The van der Waals surface area contributed by atoms with Crippen molar-refractivity contribution >= 4 is 17.5 Å². The Balaban J connectivity index is 1.34. The summed E-state index contributed by atoms with van der Waals surface area (Å²) in [7, 11) is 0. The van der Waals surface area contributed by atoms with E-state index >= 15 is 0 Å². The monoisotopic (exact) mass is 403 g/mol. The van der Waals surface area contributed by atoms with Crippen LogP contribution in [0.1, 0.15) is 47.0 Å². The Labute approximate surface area is 175 Å². The maximum Gasteiger partial charge on any atom is 0.277 e. The van der Waals surface area contributed by atoms with Crippen LogP contribution in [0.15, 0.2) is 71.3 Å². The third-order valence-corrected chi connectivity index (χ3v) is 5.44. The van der Waals surface area contributed by atoms with Gasteiger partial charge in [0.25, 0.3) is 5.91 Å². The Morgan fingerprint density at radius 3 is 2.57 bits per heavy atom. The Morgan fingerprint density at radius 2 is 1.80 bits per heavy atom. The highest BCUT2D eigenvalue weighted by Crippen LogP contribution is 2.28. The van der Waals surface area contributed by atoms with Crippen LogP contribution in [0.5, 0.6) is 0 Å². The summed E-state index contributed by atoms with van der Waals surface area (Å²) in [6, 6.07) is 21.0. The lowest BCUT2D eigenvalue weighted by Crippen LogP contribution is -2.39. The van der Waals surface area contributed by atoms with Crippen molar-refractivity contribution in [1.29, 1.82) is 0 Å². The van der Waals surface area contributed by atoms with Gasteiger partial charge in [0.05, 0.1) is 0 Å². The standard InChI is InChI=1S/C24H25N3O3/c28-23(14-13-18-8-3-1-4-9-18)27-15-7-10-19(17-27)22-16-21(26-30-22)24(29)25-20-11-5-2-6-12-20/h1-6,8-9,11-12,16,19H,7,10,13-15,17H2,(H,25,29). The van der Waals surface area contributed by atoms with Crippen LogP contribution in [0.25, 0.3) is 0 Å². The lowest BCUT2D eigenvalue weighted by Gasteiger charge is -2.31. The number of nitrogens with zero attached hydrogens (tertiary/aromatic N) is 2. The lowest BCUT2D eigenvalue weighted by molar-refractivity contribution is -0.132. The highest BCUT2D eigenvalue weighted by atomic mass is 16.5. The third kappa shape index (κ3) is 4.95. The fourth-order valence-electron chi connectivity index (χ4n) is 3.80. The molecule has 0 saturated carbocycles. The van der Waals surface area contributed by atoms with Crippen LogP contribution in [0, 0.1) is 0 Å². The Morgan fingerprint density at radius 1 is 1.07 bits per heavy atom. The molecule has 2 amide bonds. The molecule has 1 aromatic heterocycles. The zero-order chi connectivity index (χ0) is 20.8. The SMILES string of the molecule is O=C(Nc1ccccc1)c1cc(C2CCCN(C(=O)CCc3ccccc3)C2)on1. The first kappa shape index (κ1) is 19.9. The summed E-state index contributed by atoms with van der Waals surface area (Å²) in [5.74, 6) is 0.576. The van der Waals surface area contributed by atoms with Gasteiger partial charge >= 0.3 is 0 Å². The summed E-state index contributed by atoms with van der Waals surface area (Å²) < 4.78 is 5.47. The van der Waals surface area contributed by atoms with E-state index in [4.69, 9.17) is 4.52 Å². The van der Waals surface area contributed by atoms with Gasteiger partial charge in [-0.15, -0.1) is 0 Å². The number of benzene rings is 2. The molecule has 0 radical (unpaired) electrons. The molecule has 6 nitrogen and oxygen atoms in total. The van der Waals surface area contributed by atoms with E-state index in [1.165, 1.54) is 5.56 Å². The summed E-state index contributed by atoms with van der Waals surface area (Å²) in [6.45, 7) is 1.36. The average Bonchev–Trinajstić information content (AvgIpc) is 3.30. The van der Waals surface area contributed by atoms with E-state index in [1.807, 2.05) is 65.6 Å². The van der Waals surface area contributed by atoms with Crippen LogP contribution in [0.3, 0.4) is 0 Å². The molecule has 3 aromatic rings. The minimum Gasteiger partial charge on any atom is -0.360 e. The largest absolute Gasteiger partial charge is 0.360 e. The van der Waals surface area contributed by atoms with Gasteiger partial charge in [0.15, 0.2) is 5.69 Å². The van der Waals surface area contributed by atoms with Crippen LogP contribution in [0.4, 0.5) is 5.69 Å². The molecule has 1 fully saturated rings. The van der Waals surface area contributed by atoms with Gasteiger partial charge in [-0.25, -0.2) is 0 Å². The lowest BCUT2D eigenvalue weighted by atomic mass is 9.95. The zero-order valence-corrected chi connectivity index (χ0v) is 16.8. The second-order valence-corrected chi connectivity index (χ2v) is 7.60. The van der Waals surface area contributed by atoms with Crippen molar-refractivity contribution in [3.63, 3.8) is 0 Å². The number of carbonyl (C=O) groups is 2. The number of aryl methyl sites for hydroxylation is 1. The summed E-state index contributed by atoms with van der Waals surface area (Å²) in [4.78, 5) is 27.0. The number of hydrogen-bond acceptors (Lipinski definition) is 4. The normalized spacial score (nSPS) is 16.3. The number of amides is 2. The number of rotatable bonds is 6. The zero-order valence-electron chi connectivity index (χ0n) is 16.8. The molecule has 0 aliphatic carbocycles. The fourth-order valence-corrected chi connectivity index (χ4v) is 3.80. The molecule has 1 unspecified atom stereocenters. The Kier molecular flexibility index (Phi) is 6.23. The number of aromatic nitrogens is 1. The van der Waals surface area contributed by atoms with Crippen molar-refractivity contribution in [1.82, 2.24) is 10.1 Å². The Hall–Kier alpha value is -3.41. The predicted molar refractivity (Wildman–Crippen MR) is 114 cm³/mol. The van der Waals surface area contributed by atoms with Crippen LogP contribution >= 0.6 is 0 Å². The molecule has 0 spiro atoms. The second kappa shape index (κ2) is 9.39. The van der Waals surface area contributed by atoms with Crippen molar-refractivity contribution in [3.05, 3.63) is 83.7 Å². The maximum atomic E-state index is 12.7. The molecule has 1 atom stereocenters. The van der Waals surface area contributed by atoms with E-state index in [0.717, 1.165) is 25.8 Å². The molecule has 2 heterocycles. The molecular weight excluding hydrogens is 378 g/mol. The summed E-state index contributed by atoms with van der Waals surface area (Å²) in [5.41, 5.74) is 2.13. The number of piperidine rings is 1. The van der Waals surface area contributed by atoms with Crippen molar-refractivity contribution < 1.29 is 14.1 Å². The first-order valence-electron chi connectivity index (χ1n) is 10.3. The maximum absolute atomic E-state index is 12.7. The first-order chi connectivity index (χ1) is 14.7. The topological polar surface area (TPSA) is 75.4 Å². The number of hydrogen-bond donors (Lipinski definition) is 1. The molecule has 1 saturated heterocycles. The molecule has 0 bridgehead atoms. The van der Waals surface area contributed by atoms with Gasteiger partial charge in [-0.1, -0.05) is 53.7 Å². The summed E-state index contributed by atoms with van der Waals surface area (Å²) in [6.07, 6.45) is 3.07. The molecule has 2 aromatic carbocycles. The molecule has 1 aliphatic heterocycles. The van der Waals surface area contributed by atoms with Crippen molar-refractivity contribution in [2.45, 2.75) is 31.6 Å². The van der Waals surface area contributed by atoms with Gasteiger partial charge in [-0.05, 0) is 37.0 Å². The molecule has 1 N–H and O–H groups in total. The van der Waals surface area contributed by atoms with Crippen LogP contribution in [-0.2, 0) is 11.2 Å². The highest BCUT2D eigenvalue weighted by Gasteiger charge is 2.28. The molecule has 4 rings (SSSR count). The van der Waals surface area contributed by atoms with Gasteiger partial charge in [-0.3, -0.25) is 9.59 Å². The van der Waals surface area contributed by atoms with Gasteiger partial charge < -0.3 is 14.7 Å². The first-order valence-corrected chi connectivity index (χ1v) is 10.3. The fraction of sp³-hybridized carbons (Fsp3) is 0.292. The highest BCUT2D eigenvalue weighted by molar-refractivity contribution is 6.02. The predicted octanol–water partition coefficient (Wildman–Crippen LogP) is 4.27. The second-order valence-electron chi connectivity index (χ2n) is 7.60. The number of nitrogens with one attached hydrogen (secondary N) is 1. The molecule has 154 valence electrons. The summed E-state index contributed by atoms with van der Waals surface area (Å²) >= 11 is 0. The van der Waals surface area contributed by atoms with E-state index in [-0.39, 0.29) is 23.4 Å². The average molecular weight is 403 g/mol. The quantitative estimate of drug-likeness (QED) is 0.667. The smallest absolute Gasteiger partial charge is 0.277 e. The van der Waals surface area contributed by atoms with Crippen molar-refractivity contribution in [3.8, 4) is 0 Å². The van der Waals surface area contributed by atoms with Crippen LogP contribution in [-0.4, -0.2) is 35.0 Å². The third-order valence-electron chi connectivity index (χ3n) is 5.44. The number of carbonyl (C=O) groups excluding carboxylic acids is 2. The molecular formula is C24H25N3O3. The van der Waals surface area contributed by atoms with Gasteiger partial charge in [0.1, 0.15) is 5.76 Å². The van der Waals surface area contributed by atoms with Gasteiger partial charge in [0.2, 0.25) is 5.91 Å². The number of anilines is 1. The van der Waals surface area contributed by atoms with E-state index < -0.39 is 0 Å². The molecule has 6 heteroatoms. The van der Waals surface area contributed by atoms with Crippen LogP contribution < -0.4 is 5.32 Å². The van der Waals surface area contributed by atoms with E-state index in [1.54, 1.807) is 6.07 Å². The number of likely N-dealkylation sites (tertiary alicyclic amines) is 1. The van der Waals surface area contributed by atoms with Crippen molar-refractivity contribution in [2.75, 3.05) is 18.4 Å². The van der Waals surface area contributed by atoms with Crippen molar-refractivity contribution in [2.24, 2.45) is 0 Å². The minimum atomic E-state index is -0.303. The van der Waals surface area contributed by atoms with E-state index in [2.05, 4.69) is 10.5 Å². The van der Waals surface area contributed by atoms with E-state index in [0.29, 0.717) is 24.4 Å². The van der Waals surface area contributed by atoms with Gasteiger partial charge in [-0.2, -0.15) is 0 Å². The Bertz CT molecular complexity index is 985. The van der Waals surface area contributed by atoms with Gasteiger partial charge in [0, 0.05) is 37.2 Å². The summed E-state index contributed by atoms with van der Waals surface area (Å²) in [5, 5.41) is 6.75. The minimum absolute atomic E-state index is 0.0604.